The third-order valence-corrected chi connectivity index (χ3v) is 4.73. The van der Waals surface area contributed by atoms with Crippen molar-refractivity contribution in [2.24, 2.45) is 0 Å². The number of carbonyl (C=O) groups excluding carboxylic acids is 1. The van der Waals surface area contributed by atoms with Gasteiger partial charge in [0.15, 0.2) is 0 Å². The highest BCUT2D eigenvalue weighted by atomic mass is 19.1. The third kappa shape index (κ3) is 4.44. The Morgan fingerprint density at radius 2 is 1.83 bits per heavy atom. The molecular formula is C18H25FN2O2. The predicted molar refractivity (Wildman–Crippen MR) is 86.9 cm³/mol. The Kier molecular flexibility index (Phi) is 5.49. The normalized spacial score (nSPS) is 23.3. The molecule has 4 nitrogen and oxygen atoms in total. The molecule has 126 valence electrons. The number of halogens is 1. The smallest absolute Gasteiger partial charge is 0.239 e. The fraction of sp³-hybridized carbons (Fsp3) is 0.611. The minimum Gasteiger partial charge on any atom is -0.490 e. The second kappa shape index (κ2) is 7.77. The van der Waals surface area contributed by atoms with Gasteiger partial charge in [0.2, 0.25) is 5.91 Å². The van der Waals surface area contributed by atoms with Crippen molar-refractivity contribution in [1.82, 2.24) is 10.2 Å². The quantitative estimate of drug-likeness (QED) is 0.931. The number of nitrogens with one attached hydrogen (secondary N) is 1. The number of piperidine rings is 1. The van der Waals surface area contributed by atoms with Crippen LogP contribution in [0.5, 0.6) is 5.75 Å². The fourth-order valence-electron chi connectivity index (χ4n) is 3.36. The molecule has 2 saturated heterocycles. The Hall–Kier alpha value is -1.62. The van der Waals surface area contributed by atoms with E-state index in [1.165, 1.54) is 18.6 Å². The number of carbonyl (C=O) groups is 1. The van der Waals surface area contributed by atoms with Gasteiger partial charge in [0.05, 0.1) is 6.04 Å². The number of likely N-dealkylation sites (tertiary alicyclic amines) is 1. The van der Waals surface area contributed by atoms with Crippen LogP contribution in [0.3, 0.4) is 0 Å². The van der Waals surface area contributed by atoms with Gasteiger partial charge in [0, 0.05) is 25.9 Å². The van der Waals surface area contributed by atoms with Crippen molar-refractivity contribution < 1.29 is 13.9 Å². The summed E-state index contributed by atoms with van der Waals surface area (Å²) in [4.78, 5) is 14.6. The molecule has 23 heavy (non-hydrogen) atoms. The molecule has 5 heteroatoms. The van der Waals surface area contributed by atoms with Gasteiger partial charge in [-0.3, -0.25) is 4.79 Å². The first-order chi connectivity index (χ1) is 11.2. The van der Waals surface area contributed by atoms with Crippen LogP contribution in [-0.2, 0) is 4.79 Å². The van der Waals surface area contributed by atoms with Gasteiger partial charge in [-0.25, -0.2) is 4.39 Å². The van der Waals surface area contributed by atoms with Crippen molar-refractivity contribution >= 4 is 5.91 Å². The largest absolute Gasteiger partial charge is 0.490 e. The average molecular weight is 320 g/mol. The fourth-order valence-corrected chi connectivity index (χ4v) is 3.36. The Balaban J connectivity index is 1.47. The van der Waals surface area contributed by atoms with Gasteiger partial charge < -0.3 is 15.0 Å². The number of hydrogen-bond acceptors (Lipinski definition) is 3. The minimum absolute atomic E-state index is 0.00735. The summed E-state index contributed by atoms with van der Waals surface area (Å²) in [5.74, 6) is 0.683. The summed E-state index contributed by atoms with van der Waals surface area (Å²) in [5, 5.41) is 3.38. The van der Waals surface area contributed by atoms with E-state index in [9.17, 15) is 9.18 Å². The maximum absolute atomic E-state index is 12.9. The van der Waals surface area contributed by atoms with E-state index in [2.05, 4.69) is 5.32 Å². The van der Waals surface area contributed by atoms with E-state index >= 15 is 0 Å². The standard InChI is InChI=1S/C18H25FN2O2/c19-14-5-7-15(8-6-14)23-16-9-12-21(13-10-16)18(22)17-4-2-1-3-11-20-17/h5-8,16-17,20H,1-4,9-13H2. The number of amides is 1. The van der Waals surface area contributed by atoms with Crippen LogP contribution in [0.2, 0.25) is 0 Å². The first-order valence-electron chi connectivity index (χ1n) is 8.67. The van der Waals surface area contributed by atoms with E-state index in [0.717, 1.165) is 51.7 Å². The molecule has 1 amide bonds. The molecule has 0 bridgehead atoms. The first kappa shape index (κ1) is 16.2. The second-order valence-electron chi connectivity index (χ2n) is 6.45. The minimum atomic E-state index is -0.256. The summed E-state index contributed by atoms with van der Waals surface area (Å²) in [5.41, 5.74) is 0. The lowest BCUT2D eigenvalue weighted by Crippen LogP contribution is -2.50. The van der Waals surface area contributed by atoms with E-state index in [1.807, 2.05) is 4.90 Å². The molecule has 2 aliphatic rings. The number of rotatable bonds is 3. The van der Waals surface area contributed by atoms with Crippen LogP contribution in [0.1, 0.15) is 38.5 Å². The number of benzene rings is 1. The van der Waals surface area contributed by atoms with Gasteiger partial charge in [0.25, 0.3) is 0 Å². The van der Waals surface area contributed by atoms with Gasteiger partial charge in [-0.05, 0) is 43.7 Å². The molecule has 1 aromatic carbocycles. The molecular weight excluding hydrogens is 295 g/mol. The molecule has 2 aliphatic heterocycles. The van der Waals surface area contributed by atoms with Crippen LogP contribution in [0.15, 0.2) is 24.3 Å². The maximum atomic E-state index is 12.9. The van der Waals surface area contributed by atoms with Crippen LogP contribution in [0.25, 0.3) is 0 Å². The van der Waals surface area contributed by atoms with Crippen LogP contribution in [0, 0.1) is 5.82 Å². The van der Waals surface area contributed by atoms with Gasteiger partial charge in [-0.15, -0.1) is 0 Å². The van der Waals surface area contributed by atoms with Crippen molar-refractivity contribution in [1.29, 1.82) is 0 Å². The molecule has 1 N–H and O–H groups in total. The van der Waals surface area contributed by atoms with Crippen molar-refractivity contribution in [3.63, 3.8) is 0 Å². The molecule has 2 fully saturated rings. The summed E-state index contributed by atoms with van der Waals surface area (Å²) >= 11 is 0. The lowest BCUT2D eigenvalue weighted by molar-refractivity contribution is -0.135. The molecule has 0 spiro atoms. The zero-order valence-corrected chi connectivity index (χ0v) is 13.5. The Bertz CT molecular complexity index is 504. The van der Waals surface area contributed by atoms with Crippen molar-refractivity contribution in [3.05, 3.63) is 30.1 Å². The second-order valence-corrected chi connectivity index (χ2v) is 6.45. The topological polar surface area (TPSA) is 41.6 Å². The highest BCUT2D eigenvalue weighted by Gasteiger charge is 2.29. The van der Waals surface area contributed by atoms with E-state index in [1.54, 1.807) is 12.1 Å². The monoisotopic (exact) mass is 320 g/mol. The summed E-state index contributed by atoms with van der Waals surface area (Å²) < 4.78 is 18.8. The molecule has 0 radical (unpaired) electrons. The van der Waals surface area contributed by atoms with Crippen molar-refractivity contribution in [3.8, 4) is 5.75 Å². The lowest BCUT2D eigenvalue weighted by Gasteiger charge is -2.34. The van der Waals surface area contributed by atoms with E-state index in [0.29, 0.717) is 5.75 Å². The summed E-state index contributed by atoms with van der Waals surface area (Å²) in [7, 11) is 0. The first-order valence-corrected chi connectivity index (χ1v) is 8.67. The van der Waals surface area contributed by atoms with Gasteiger partial charge >= 0.3 is 0 Å². The van der Waals surface area contributed by atoms with E-state index in [-0.39, 0.29) is 23.9 Å². The number of hydrogen-bond donors (Lipinski definition) is 1. The highest BCUT2D eigenvalue weighted by Crippen LogP contribution is 2.20. The molecule has 0 saturated carbocycles. The summed E-state index contributed by atoms with van der Waals surface area (Å²) in [6.45, 7) is 2.42. The molecule has 1 aromatic rings. The van der Waals surface area contributed by atoms with Crippen LogP contribution >= 0.6 is 0 Å². The highest BCUT2D eigenvalue weighted by molar-refractivity contribution is 5.82. The van der Waals surface area contributed by atoms with Gasteiger partial charge in [-0.1, -0.05) is 12.8 Å². The number of ether oxygens (including phenoxy) is 1. The van der Waals surface area contributed by atoms with Crippen molar-refractivity contribution in [2.75, 3.05) is 19.6 Å². The zero-order chi connectivity index (χ0) is 16.1. The van der Waals surface area contributed by atoms with E-state index < -0.39 is 0 Å². The SMILES string of the molecule is O=C(C1CCCCCN1)N1CCC(Oc2ccc(F)cc2)CC1. The predicted octanol–water partition coefficient (Wildman–Crippen LogP) is 2.73. The van der Waals surface area contributed by atoms with E-state index in [4.69, 9.17) is 4.74 Å². The molecule has 1 atom stereocenters. The molecule has 1 unspecified atom stereocenters. The Labute approximate surface area is 137 Å². The van der Waals surface area contributed by atoms with Crippen LogP contribution in [-0.4, -0.2) is 42.6 Å². The molecule has 3 rings (SSSR count). The van der Waals surface area contributed by atoms with Crippen molar-refractivity contribution in [2.45, 2.75) is 50.7 Å². The van der Waals surface area contributed by atoms with Gasteiger partial charge in [-0.2, -0.15) is 0 Å². The Morgan fingerprint density at radius 1 is 1.09 bits per heavy atom. The van der Waals surface area contributed by atoms with Crippen LogP contribution < -0.4 is 10.1 Å². The summed E-state index contributed by atoms with van der Waals surface area (Å²) in [6.07, 6.45) is 6.22. The molecule has 2 heterocycles. The summed E-state index contributed by atoms with van der Waals surface area (Å²) in [6, 6.07) is 6.12. The lowest BCUT2D eigenvalue weighted by atomic mass is 10.0. The molecule has 0 aliphatic carbocycles. The molecule has 0 aromatic heterocycles. The average Bonchev–Trinajstić information content (AvgIpc) is 2.86. The number of nitrogens with zero attached hydrogens (tertiary/aromatic N) is 1. The zero-order valence-electron chi connectivity index (χ0n) is 13.5. The van der Waals surface area contributed by atoms with Crippen LogP contribution in [0.4, 0.5) is 4.39 Å². The van der Waals surface area contributed by atoms with Gasteiger partial charge in [0.1, 0.15) is 17.7 Å². The maximum Gasteiger partial charge on any atom is 0.239 e. The third-order valence-electron chi connectivity index (χ3n) is 4.73. The Morgan fingerprint density at radius 3 is 2.57 bits per heavy atom.